The molecule has 1 saturated carbocycles. The maximum absolute atomic E-state index is 12.5. The minimum Gasteiger partial charge on any atom is -0.338 e. The van der Waals surface area contributed by atoms with Gasteiger partial charge in [-0.15, -0.1) is 0 Å². The molecule has 1 heterocycles. The molecule has 0 bridgehead atoms. The summed E-state index contributed by atoms with van der Waals surface area (Å²) in [4.78, 5) is 14.4. The molecule has 1 amide bonds. The van der Waals surface area contributed by atoms with Crippen LogP contribution >= 0.6 is 0 Å². The van der Waals surface area contributed by atoms with Crippen LogP contribution in [0.5, 0.6) is 0 Å². The van der Waals surface area contributed by atoms with Crippen molar-refractivity contribution >= 4 is 5.91 Å². The second-order valence-corrected chi connectivity index (χ2v) is 5.76. The van der Waals surface area contributed by atoms with Crippen LogP contribution in [0.15, 0.2) is 30.3 Å². The van der Waals surface area contributed by atoms with E-state index in [1.54, 1.807) is 0 Å². The molecule has 1 aromatic rings. The van der Waals surface area contributed by atoms with Gasteiger partial charge in [0.05, 0.1) is 5.41 Å². The normalized spacial score (nSPS) is 24.0. The predicted octanol–water partition coefficient (Wildman–Crippen LogP) is 1.28. The lowest BCUT2D eigenvalue weighted by Crippen LogP contribution is -2.68. The van der Waals surface area contributed by atoms with Crippen molar-refractivity contribution in [3.63, 3.8) is 0 Å². The number of likely N-dealkylation sites (tertiary alicyclic amines) is 1. The van der Waals surface area contributed by atoms with Crippen LogP contribution in [0.1, 0.15) is 25.3 Å². The zero-order valence-electron chi connectivity index (χ0n) is 10.1. The third-order valence-electron chi connectivity index (χ3n) is 3.88. The average molecular weight is 230 g/mol. The average Bonchev–Trinajstić information content (AvgIpc) is 3.07. The summed E-state index contributed by atoms with van der Waals surface area (Å²) in [6.45, 7) is 3.39. The molecule has 3 rings (SSSR count). The number of hydrogen-bond donors (Lipinski definition) is 1. The molecular weight excluding hydrogens is 212 g/mol. The summed E-state index contributed by atoms with van der Waals surface area (Å²) >= 11 is 0. The summed E-state index contributed by atoms with van der Waals surface area (Å²) in [5.74, 6) is 0.270. The molecule has 2 aliphatic rings. The van der Waals surface area contributed by atoms with Crippen molar-refractivity contribution in [3.8, 4) is 0 Å². The molecule has 2 fully saturated rings. The van der Waals surface area contributed by atoms with Crippen LogP contribution in [0, 0.1) is 0 Å². The molecule has 3 heteroatoms. The Morgan fingerprint density at radius 3 is 2.29 bits per heavy atom. The highest BCUT2D eigenvalue weighted by molar-refractivity contribution is 5.92. The third kappa shape index (κ3) is 1.65. The second kappa shape index (κ2) is 3.33. The Kier molecular flexibility index (Phi) is 2.11. The summed E-state index contributed by atoms with van der Waals surface area (Å²) in [7, 11) is 0. The molecule has 1 aliphatic heterocycles. The van der Waals surface area contributed by atoms with Crippen LogP contribution in [-0.4, -0.2) is 29.4 Å². The highest BCUT2D eigenvalue weighted by atomic mass is 16.2. The number of carbonyl (C=O) groups excluding carboxylic acids is 1. The number of benzene rings is 1. The van der Waals surface area contributed by atoms with E-state index in [1.807, 2.05) is 30.0 Å². The smallest absolute Gasteiger partial charge is 0.233 e. The first kappa shape index (κ1) is 10.8. The zero-order valence-corrected chi connectivity index (χ0v) is 10.1. The number of hydrogen-bond acceptors (Lipinski definition) is 2. The van der Waals surface area contributed by atoms with Gasteiger partial charge < -0.3 is 10.6 Å². The van der Waals surface area contributed by atoms with Crippen molar-refractivity contribution in [1.82, 2.24) is 4.90 Å². The maximum atomic E-state index is 12.5. The van der Waals surface area contributed by atoms with Gasteiger partial charge in [0.2, 0.25) is 5.91 Å². The largest absolute Gasteiger partial charge is 0.338 e. The molecule has 17 heavy (non-hydrogen) atoms. The Morgan fingerprint density at radius 2 is 1.82 bits per heavy atom. The fraction of sp³-hybridized carbons (Fsp3) is 0.500. The van der Waals surface area contributed by atoms with Crippen LogP contribution in [0.3, 0.4) is 0 Å². The number of nitrogens with two attached hydrogens (primary N) is 1. The van der Waals surface area contributed by atoms with Crippen LogP contribution < -0.4 is 5.73 Å². The quantitative estimate of drug-likeness (QED) is 0.832. The Bertz CT molecular complexity index is 441. The van der Waals surface area contributed by atoms with Gasteiger partial charge in [-0.25, -0.2) is 0 Å². The molecule has 1 saturated heterocycles. The van der Waals surface area contributed by atoms with E-state index in [1.165, 1.54) is 0 Å². The van der Waals surface area contributed by atoms with Crippen molar-refractivity contribution in [2.75, 3.05) is 13.1 Å². The number of amides is 1. The molecule has 1 aliphatic carbocycles. The van der Waals surface area contributed by atoms with Crippen molar-refractivity contribution < 1.29 is 4.79 Å². The Morgan fingerprint density at radius 1 is 1.24 bits per heavy atom. The summed E-state index contributed by atoms with van der Waals surface area (Å²) < 4.78 is 0. The molecule has 0 radical (unpaired) electrons. The molecule has 0 unspecified atom stereocenters. The SMILES string of the molecule is CC1(N)CN(C(=O)C2(c3ccccc3)CC2)C1. The van der Waals surface area contributed by atoms with E-state index in [4.69, 9.17) is 5.73 Å². The van der Waals surface area contributed by atoms with Crippen molar-refractivity contribution in [1.29, 1.82) is 0 Å². The predicted molar refractivity (Wildman–Crippen MR) is 66.5 cm³/mol. The van der Waals surface area contributed by atoms with Gasteiger partial charge in [-0.05, 0) is 25.3 Å². The van der Waals surface area contributed by atoms with Gasteiger partial charge in [0.1, 0.15) is 0 Å². The lowest BCUT2D eigenvalue weighted by atomic mass is 9.88. The van der Waals surface area contributed by atoms with Crippen molar-refractivity contribution in [2.45, 2.75) is 30.7 Å². The monoisotopic (exact) mass is 230 g/mol. The van der Waals surface area contributed by atoms with Gasteiger partial charge >= 0.3 is 0 Å². The van der Waals surface area contributed by atoms with Crippen molar-refractivity contribution in [3.05, 3.63) is 35.9 Å². The van der Waals surface area contributed by atoms with Crippen LogP contribution in [0.25, 0.3) is 0 Å². The van der Waals surface area contributed by atoms with Gasteiger partial charge in [-0.1, -0.05) is 30.3 Å². The molecule has 0 aromatic heterocycles. The molecule has 0 atom stereocenters. The molecule has 1 aromatic carbocycles. The van der Waals surface area contributed by atoms with Gasteiger partial charge in [0, 0.05) is 18.6 Å². The highest BCUT2D eigenvalue weighted by Crippen LogP contribution is 2.50. The first-order valence-electron chi connectivity index (χ1n) is 6.17. The summed E-state index contributed by atoms with van der Waals surface area (Å²) in [5.41, 5.74) is 6.72. The minimum absolute atomic E-state index is 0.178. The Labute approximate surface area is 102 Å². The molecule has 90 valence electrons. The second-order valence-electron chi connectivity index (χ2n) is 5.76. The standard InChI is InChI=1S/C14H18N2O/c1-13(15)9-16(10-13)12(17)14(7-8-14)11-5-3-2-4-6-11/h2-6H,7-10,15H2,1H3. The molecule has 0 spiro atoms. The van der Waals surface area contributed by atoms with Crippen LogP contribution in [0.2, 0.25) is 0 Å². The fourth-order valence-electron chi connectivity index (χ4n) is 2.78. The lowest BCUT2D eigenvalue weighted by molar-refractivity contribution is -0.141. The van der Waals surface area contributed by atoms with E-state index in [0.717, 1.165) is 18.4 Å². The minimum atomic E-state index is -0.224. The van der Waals surface area contributed by atoms with Crippen LogP contribution in [-0.2, 0) is 10.2 Å². The van der Waals surface area contributed by atoms with Gasteiger partial charge in [0.15, 0.2) is 0 Å². The van der Waals surface area contributed by atoms with E-state index >= 15 is 0 Å². The Hall–Kier alpha value is -1.35. The summed E-state index contributed by atoms with van der Waals surface area (Å²) in [6, 6.07) is 10.1. The van der Waals surface area contributed by atoms with Crippen molar-refractivity contribution in [2.24, 2.45) is 5.73 Å². The molecular formula is C14H18N2O. The maximum Gasteiger partial charge on any atom is 0.233 e. The van der Waals surface area contributed by atoms with Gasteiger partial charge in [0.25, 0.3) is 0 Å². The number of nitrogens with zero attached hydrogens (tertiary/aromatic N) is 1. The third-order valence-corrected chi connectivity index (χ3v) is 3.88. The van der Waals surface area contributed by atoms with E-state index in [9.17, 15) is 4.79 Å². The lowest BCUT2D eigenvalue weighted by Gasteiger charge is -2.46. The van der Waals surface area contributed by atoms with E-state index in [-0.39, 0.29) is 16.9 Å². The first-order chi connectivity index (χ1) is 8.04. The molecule has 2 N–H and O–H groups in total. The van der Waals surface area contributed by atoms with Gasteiger partial charge in [-0.3, -0.25) is 4.79 Å². The summed E-state index contributed by atoms with van der Waals surface area (Å²) in [6.07, 6.45) is 1.96. The van der Waals surface area contributed by atoms with Crippen LogP contribution in [0.4, 0.5) is 0 Å². The molecule has 3 nitrogen and oxygen atoms in total. The zero-order chi connectivity index (χ0) is 12.1. The number of carbonyl (C=O) groups is 1. The summed E-state index contributed by atoms with van der Waals surface area (Å²) in [5, 5.41) is 0. The first-order valence-corrected chi connectivity index (χ1v) is 6.17. The Balaban J connectivity index is 1.79. The van der Waals surface area contributed by atoms with E-state index in [2.05, 4.69) is 12.1 Å². The highest BCUT2D eigenvalue weighted by Gasteiger charge is 2.55. The van der Waals surface area contributed by atoms with E-state index in [0.29, 0.717) is 13.1 Å². The topological polar surface area (TPSA) is 46.3 Å². The number of rotatable bonds is 2. The van der Waals surface area contributed by atoms with E-state index < -0.39 is 0 Å². The van der Waals surface area contributed by atoms with Gasteiger partial charge in [-0.2, -0.15) is 0 Å². The fourth-order valence-corrected chi connectivity index (χ4v) is 2.78.